The van der Waals surface area contributed by atoms with Crippen molar-refractivity contribution in [2.75, 3.05) is 5.32 Å². The van der Waals surface area contributed by atoms with Crippen LogP contribution in [0, 0.1) is 10.1 Å². The van der Waals surface area contributed by atoms with Crippen molar-refractivity contribution in [2.45, 2.75) is 6.18 Å². The molecule has 2 aromatic carbocycles. The number of anilines is 2. The fourth-order valence-corrected chi connectivity index (χ4v) is 3.14. The molecule has 1 N–H and O–H groups in total. The van der Waals surface area contributed by atoms with Crippen LogP contribution in [0.1, 0.15) is 5.56 Å². The van der Waals surface area contributed by atoms with E-state index in [1.54, 1.807) is 30.3 Å². The first-order chi connectivity index (χ1) is 15.2. The monoisotopic (exact) mass is 461 g/mol. The number of aromatic nitrogens is 3. The molecule has 12 heteroatoms. The number of nitrogens with zero attached hydrogens (tertiary/aromatic N) is 4. The molecule has 0 spiro atoms. The average molecular weight is 462 g/mol. The molecule has 0 amide bonds. The van der Waals surface area contributed by atoms with Gasteiger partial charge in [0.05, 0.1) is 15.5 Å². The molecule has 8 nitrogen and oxygen atoms in total. The van der Waals surface area contributed by atoms with E-state index in [1.165, 1.54) is 12.3 Å². The number of nitro groups is 1. The van der Waals surface area contributed by atoms with Crippen molar-refractivity contribution in [2.24, 2.45) is 0 Å². The zero-order valence-electron chi connectivity index (χ0n) is 15.8. The van der Waals surface area contributed by atoms with Gasteiger partial charge in [-0.2, -0.15) is 18.2 Å². The predicted octanol–water partition coefficient (Wildman–Crippen LogP) is 6.14. The van der Waals surface area contributed by atoms with E-state index in [1.807, 2.05) is 0 Å². The number of fused-ring (bicyclic) bond motifs is 1. The Balaban J connectivity index is 1.74. The van der Waals surface area contributed by atoms with Crippen LogP contribution < -0.4 is 10.1 Å². The summed E-state index contributed by atoms with van der Waals surface area (Å²) in [6.45, 7) is 0. The predicted molar refractivity (Wildman–Crippen MR) is 110 cm³/mol. The largest absolute Gasteiger partial charge is 0.431 e. The number of pyridine rings is 1. The van der Waals surface area contributed by atoms with Gasteiger partial charge >= 0.3 is 17.7 Å². The summed E-state index contributed by atoms with van der Waals surface area (Å²) in [4.78, 5) is 22.8. The first-order valence-corrected chi connectivity index (χ1v) is 9.26. The van der Waals surface area contributed by atoms with Crippen LogP contribution in [-0.4, -0.2) is 19.9 Å². The molecule has 0 bridgehead atoms. The van der Waals surface area contributed by atoms with Crippen LogP contribution >= 0.6 is 11.6 Å². The number of rotatable bonds is 5. The molecule has 0 atom stereocenters. The zero-order valence-corrected chi connectivity index (χ0v) is 16.6. The first-order valence-electron chi connectivity index (χ1n) is 8.89. The molecule has 0 aliphatic rings. The van der Waals surface area contributed by atoms with Gasteiger partial charge in [0, 0.05) is 17.3 Å². The number of hydrogen-bond donors (Lipinski definition) is 1. The van der Waals surface area contributed by atoms with Crippen molar-refractivity contribution in [1.29, 1.82) is 0 Å². The highest BCUT2D eigenvalue weighted by molar-refractivity contribution is 6.31. The molecule has 0 saturated carbocycles. The maximum absolute atomic E-state index is 13.1. The quantitative estimate of drug-likeness (QED) is 0.281. The Morgan fingerprint density at radius 2 is 1.84 bits per heavy atom. The van der Waals surface area contributed by atoms with Crippen molar-refractivity contribution in [3.8, 4) is 11.6 Å². The minimum Gasteiger partial charge on any atom is -0.431 e. The van der Waals surface area contributed by atoms with Gasteiger partial charge in [-0.05, 0) is 30.3 Å². The van der Waals surface area contributed by atoms with E-state index < -0.39 is 33.3 Å². The van der Waals surface area contributed by atoms with Crippen LogP contribution in [-0.2, 0) is 6.18 Å². The van der Waals surface area contributed by atoms with E-state index in [9.17, 15) is 23.3 Å². The van der Waals surface area contributed by atoms with Gasteiger partial charge in [0.25, 0.3) is 0 Å². The number of para-hydroxylation sites is 1. The molecule has 0 radical (unpaired) electrons. The number of hydrogen-bond acceptors (Lipinski definition) is 7. The second-order valence-electron chi connectivity index (χ2n) is 6.38. The lowest BCUT2D eigenvalue weighted by Gasteiger charge is -2.13. The van der Waals surface area contributed by atoms with E-state index in [0.29, 0.717) is 5.52 Å². The van der Waals surface area contributed by atoms with Gasteiger partial charge in [0.15, 0.2) is 5.75 Å². The van der Waals surface area contributed by atoms with Crippen LogP contribution in [0.25, 0.3) is 10.9 Å². The Morgan fingerprint density at radius 1 is 1.06 bits per heavy atom. The minimum atomic E-state index is -4.71. The smallest absolute Gasteiger partial charge is 0.417 e. The topological polar surface area (TPSA) is 103 Å². The van der Waals surface area contributed by atoms with Crippen LogP contribution in [0.4, 0.5) is 30.4 Å². The third-order valence-corrected chi connectivity index (χ3v) is 4.64. The molecule has 0 aliphatic carbocycles. The molecule has 2 aromatic heterocycles. The summed E-state index contributed by atoms with van der Waals surface area (Å²) < 4.78 is 45.1. The number of halogens is 4. The Bertz CT molecular complexity index is 1330. The SMILES string of the molecule is O=[N+]([O-])c1c(Nc2ccc(Cl)c(C(F)(F)F)c2)ncnc1Oc1cccc2cccnc12. The molecule has 0 saturated heterocycles. The minimum absolute atomic E-state index is 0.110. The van der Waals surface area contributed by atoms with E-state index in [4.69, 9.17) is 16.3 Å². The van der Waals surface area contributed by atoms with Crippen molar-refractivity contribution >= 4 is 39.7 Å². The van der Waals surface area contributed by atoms with Crippen molar-refractivity contribution in [1.82, 2.24) is 15.0 Å². The number of nitrogens with one attached hydrogen (secondary N) is 1. The molecule has 2 heterocycles. The fourth-order valence-electron chi connectivity index (χ4n) is 2.91. The molecule has 0 aliphatic heterocycles. The van der Waals surface area contributed by atoms with E-state index in [-0.39, 0.29) is 17.3 Å². The van der Waals surface area contributed by atoms with Crippen LogP contribution in [0.3, 0.4) is 0 Å². The average Bonchev–Trinajstić information content (AvgIpc) is 2.74. The highest BCUT2D eigenvalue weighted by Gasteiger charge is 2.34. The number of alkyl halides is 3. The van der Waals surface area contributed by atoms with Gasteiger partial charge in [-0.25, -0.2) is 4.98 Å². The van der Waals surface area contributed by atoms with Gasteiger partial charge in [-0.15, -0.1) is 0 Å². The third-order valence-electron chi connectivity index (χ3n) is 4.31. The van der Waals surface area contributed by atoms with Gasteiger partial charge < -0.3 is 10.1 Å². The standard InChI is InChI=1S/C20H11ClF3N5O3/c21-14-7-6-12(9-13(14)20(22,23)24)28-18-17(29(30)31)19(27-10-26-18)32-15-5-1-3-11-4-2-8-25-16(11)15/h1-10H,(H,26,27,28). The van der Waals surface area contributed by atoms with E-state index >= 15 is 0 Å². The number of ether oxygens (including phenoxy) is 1. The van der Waals surface area contributed by atoms with Crippen LogP contribution in [0.5, 0.6) is 11.6 Å². The Hall–Kier alpha value is -3.99. The highest BCUT2D eigenvalue weighted by Crippen LogP contribution is 2.39. The van der Waals surface area contributed by atoms with E-state index in [2.05, 4.69) is 20.3 Å². The highest BCUT2D eigenvalue weighted by atomic mass is 35.5. The third kappa shape index (κ3) is 4.23. The van der Waals surface area contributed by atoms with Crippen LogP contribution in [0.2, 0.25) is 5.02 Å². The van der Waals surface area contributed by atoms with Crippen molar-refractivity contribution in [3.63, 3.8) is 0 Å². The maximum Gasteiger partial charge on any atom is 0.417 e. The Labute approximate surface area is 182 Å². The molecular formula is C20H11ClF3N5O3. The second kappa shape index (κ2) is 8.27. The summed E-state index contributed by atoms with van der Waals surface area (Å²) in [6.07, 6.45) is -2.18. The molecule has 32 heavy (non-hydrogen) atoms. The van der Waals surface area contributed by atoms with Crippen molar-refractivity contribution in [3.05, 3.63) is 81.8 Å². The van der Waals surface area contributed by atoms with Gasteiger partial charge in [-0.3, -0.25) is 15.1 Å². The molecule has 0 unspecified atom stereocenters. The summed E-state index contributed by atoms with van der Waals surface area (Å²) >= 11 is 5.62. The normalized spacial score (nSPS) is 11.4. The summed E-state index contributed by atoms with van der Waals surface area (Å²) in [5.74, 6) is -0.555. The fraction of sp³-hybridized carbons (Fsp3) is 0.0500. The summed E-state index contributed by atoms with van der Waals surface area (Å²) in [6, 6.07) is 11.5. The van der Waals surface area contributed by atoms with Gasteiger partial charge in [-0.1, -0.05) is 29.8 Å². The number of benzene rings is 2. The summed E-state index contributed by atoms with van der Waals surface area (Å²) in [7, 11) is 0. The van der Waals surface area contributed by atoms with Crippen molar-refractivity contribution < 1.29 is 22.8 Å². The van der Waals surface area contributed by atoms with Crippen LogP contribution in [0.15, 0.2) is 61.1 Å². The lowest BCUT2D eigenvalue weighted by molar-refractivity contribution is -0.385. The molecular weight excluding hydrogens is 451 g/mol. The maximum atomic E-state index is 13.1. The zero-order chi connectivity index (χ0) is 22.9. The van der Waals surface area contributed by atoms with Gasteiger partial charge in [0.1, 0.15) is 11.8 Å². The lowest BCUT2D eigenvalue weighted by atomic mass is 10.2. The first kappa shape index (κ1) is 21.2. The second-order valence-corrected chi connectivity index (χ2v) is 6.79. The van der Waals surface area contributed by atoms with E-state index in [0.717, 1.165) is 23.8 Å². The van der Waals surface area contributed by atoms with Gasteiger partial charge in [0.2, 0.25) is 5.82 Å². The molecule has 0 fully saturated rings. The molecule has 4 aromatic rings. The Morgan fingerprint density at radius 3 is 2.59 bits per heavy atom. The molecule has 4 rings (SSSR count). The Kier molecular flexibility index (Phi) is 5.49. The lowest BCUT2D eigenvalue weighted by Crippen LogP contribution is -2.07. The summed E-state index contributed by atoms with van der Waals surface area (Å²) in [5, 5.41) is 14.5. The molecule has 162 valence electrons. The summed E-state index contributed by atoms with van der Waals surface area (Å²) in [5.41, 5.74) is -1.42.